The molecule has 8 heteroatoms. The summed E-state index contributed by atoms with van der Waals surface area (Å²) in [6.45, 7) is 6.70. The number of para-hydroxylation sites is 2. The van der Waals surface area contributed by atoms with E-state index in [9.17, 15) is 14.4 Å². The molecule has 1 N–H and O–H groups in total. The maximum Gasteiger partial charge on any atom is 0.410 e. The van der Waals surface area contributed by atoms with Crippen molar-refractivity contribution in [3.05, 3.63) is 24.3 Å². The van der Waals surface area contributed by atoms with Crippen LogP contribution in [0.4, 0.5) is 10.5 Å². The molecule has 0 bridgehead atoms. The molecule has 0 spiro atoms. The fourth-order valence-electron chi connectivity index (χ4n) is 3.66. The van der Waals surface area contributed by atoms with Gasteiger partial charge in [0.15, 0.2) is 6.04 Å². The molecule has 0 saturated carbocycles. The van der Waals surface area contributed by atoms with Crippen molar-refractivity contribution >= 4 is 23.6 Å². The molecule has 3 amide bonds. The molecular formula is C19H26N3O5+. The van der Waals surface area contributed by atoms with Crippen molar-refractivity contribution in [2.24, 2.45) is 0 Å². The van der Waals surface area contributed by atoms with Gasteiger partial charge in [-0.05, 0) is 26.0 Å². The van der Waals surface area contributed by atoms with Crippen LogP contribution in [0.1, 0.15) is 20.3 Å². The smallest absolute Gasteiger partial charge is 0.410 e. The van der Waals surface area contributed by atoms with E-state index in [1.807, 2.05) is 13.0 Å². The van der Waals surface area contributed by atoms with Crippen LogP contribution in [0, 0.1) is 0 Å². The number of piperazine rings is 1. The summed E-state index contributed by atoms with van der Waals surface area (Å²) in [6, 6.07) is 6.68. The third-order valence-electron chi connectivity index (χ3n) is 4.98. The summed E-state index contributed by atoms with van der Waals surface area (Å²) in [7, 11) is 0. The fraction of sp³-hybridized carbons (Fsp3) is 0.526. The van der Waals surface area contributed by atoms with Gasteiger partial charge in [0, 0.05) is 0 Å². The van der Waals surface area contributed by atoms with Gasteiger partial charge in [-0.15, -0.1) is 0 Å². The second kappa shape index (κ2) is 8.39. The van der Waals surface area contributed by atoms with Gasteiger partial charge in [-0.2, -0.15) is 0 Å². The number of nitrogens with zero attached hydrogens (tertiary/aromatic N) is 2. The van der Waals surface area contributed by atoms with Crippen molar-refractivity contribution in [2.75, 3.05) is 44.3 Å². The molecule has 2 heterocycles. The number of carbonyl (C=O) groups excluding carboxylic acids is 3. The topological polar surface area (TPSA) is 80.6 Å². The molecule has 146 valence electrons. The Hall–Kier alpha value is -2.61. The summed E-state index contributed by atoms with van der Waals surface area (Å²) in [6.07, 6.45) is -0.147. The fourth-order valence-corrected chi connectivity index (χ4v) is 3.66. The molecule has 0 aliphatic carbocycles. The first kappa shape index (κ1) is 19.2. The highest BCUT2D eigenvalue weighted by molar-refractivity contribution is 6.22. The lowest BCUT2D eigenvalue weighted by Gasteiger charge is -2.33. The molecule has 27 heavy (non-hydrogen) atoms. The van der Waals surface area contributed by atoms with Gasteiger partial charge in [0.1, 0.15) is 5.75 Å². The first-order chi connectivity index (χ1) is 13.1. The minimum absolute atomic E-state index is 0.175. The zero-order chi connectivity index (χ0) is 19.4. The number of quaternary nitrogens is 1. The van der Waals surface area contributed by atoms with E-state index in [-0.39, 0.29) is 24.3 Å². The second-order valence-electron chi connectivity index (χ2n) is 6.57. The van der Waals surface area contributed by atoms with E-state index >= 15 is 0 Å². The zero-order valence-electron chi connectivity index (χ0n) is 15.8. The summed E-state index contributed by atoms with van der Waals surface area (Å²) in [5.74, 6) is 0.119. The number of hydrogen-bond donors (Lipinski definition) is 1. The van der Waals surface area contributed by atoms with Gasteiger partial charge in [-0.3, -0.25) is 14.5 Å². The Balaban J connectivity index is 1.70. The highest BCUT2D eigenvalue weighted by Crippen LogP contribution is 2.31. The van der Waals surface area contributed by atoms with Gasteiger partial charge in [0.05, 0.1) is 51.5 Å². The number of hydrogen-bond acceptors (Lipinski definition) is 5. The van der Waals surface area contributed by atoms with Gasteiger partial charge < -0.3 is 14.4 Å². The number of rotatable bonds is 5. The molecule has 1 aromatic rings. The molecule has 1 atom stereocenters. The molecular weight excluding hydrogens is 350 g/mol. The minimum atomic E-state index is -0.420. The van der Waals surface area contributed by atoms with Gasteiger partial charge in [0.25, 0.3) is 5.91 Å². The third-order valence-corrected chi connectivity index (χ3v) is 4.98. The number of ether oxygens (including phenoxy) is 2. The summed E-state index contributed by atoms with van der Waals surface area (Å²) in [5, 5.41) is 0. The standard InChI is InChI=1S/C19H25N3O5/c1-3-26-16-8-6-5-7-14(16)22-17(23)13-15(18(22)24)20-9-11-21(12-10-20)19(25)27-4-2/h5-8,15H,3-4,9-13H2,1-2H3/p+1. The molecule has 2 aliphatic heterocycles. The van der Waals surface area contributed by atoms with Crippen molar-refractivity contribution in [3.63, 3.8) is 0 Å². The monoisotopic (exact) mass is 376 g/mol. The average Bonchev–Trinajstić information content (AvgIpc) is 2.97. The van der Waals surface area contributed by atoms with Gasteiger partial charge in [-0.25, -0.2) is 9.69 Å². The molecule has 1 aromatic carbocycles. The number of imide groups is 1. The molecule has 3 rings (SSSR count). The van der Waals surface area contributed by atoms with E-state index in [2.05, 4.69) is 0 Å². The van der Waals surface area contributed by atoms with Crippen LogP contribution in [0.5, 0.6) is 5.75 Å². The van der Waals surface area contributed by atoms with Crippen LogP contribution >= 0.6 is 0 Å². The largest absolute Gasteiger partial charge is 0.492 e. The molecule has 2 fully saturated rings. The predicted molar refractivity (Wildman–Crippen MR) is 97.8 cm³/mol. The highest BCUT2D eigenvalue weighted by atomic mass is 16.6. The average molecular weight is 376 g/mol. The highest BCUT2D eigenvalue weighted by Gasteiger charge is 2.47. The first-order valence-corrected chi connectivity index (χ1v) is 9.41. The number of carbonyl (C=O) groups is 3. The van der Waals surface area contributed by atoms with Crippen molar-refractivity contribution in [1.29, 1.82) is 0 Å². The van der Waals surface area contributed by atoms with Crippen LogP contribution in [-0.4, -0.2) is 68.2 Å². The Morgan fingerprint density at radius 1 is 1.15 bits per heavy atom. The van der Waals surface area contributed by atoms with Crippen LogP contribution < -0.4 is 14.5 Å². The minimum Gasteiger partial charge on any atom is -0.492 e. The Labute approximate surface area is 158 Å². The van der Waals surface area contributed by atoms with Crippen LogP contribution in [0.25, 0.3) is 0 Å². The molecule has 0 aromatic heterocycles. The summed E-state index contributed by atoms with van der Waals surface area (Å²) < 4.78 is 10.6. The zero-order valence-corrected chi connectivity index (χ0v) is 15.8. The van der Waals surface area contributed by atoms with Crippen molar-refractivity contribution in [3.8, 4) is 5.75 Å². The number of amides is 3. The van der Waals surface area contributed by atoms with Crippen LogP contribution in [-0.2, 0) is 14.3 Å². The van der Waals surface area contributed by atoms with Crippen LogP contribution in [0.2, 0.25) is 0 Å². The third kappa shape index (κ3) is 3.90. The normalized spacial score (nSPS) is 20.9. The maximum absolute atomic E-state index is 13.0. The number of nitrogens with one attached hydrogen (secondary N) is 1. The summed E-state index contributed by atoms with van der Waals surface area (Å²) in [5.41, 5.74) is 0.501. The second-order valence-corrected chi connectivity index (χ2v) is 6.57. The lowest BCUT2D eigenvalue weighted by molar-refractivity contribution is -0.918. The molecule has 0 radical (unpaired) electrons. The lowest BCUT2D eigenvalue weighted by Crippen LogP contribution is -3.19. The van der Waals surface area contributed by atoms with E-state index < -0.39 is 6.04 Å². The molecule has 1 unspecified atom stereocenters. The quantitative estimate of drug-likeness (QED) is 0.736. The summed E-state index contributed by atoms with van der Waals surface area (Å²) in [4.78, 5) is 41.4. The van der Waals surface area contributed by atoms with Gasteiger partial charge in [-0.1, -0.05) is 12.1 Å². The van der Waals surface area contributed by atoms with Gasteiger partial charge >= 0.3 is 6.09 Å². The van der Waals surface area contributed by atoms with E-state index in [0.29, 0.717) is 50.8 Å². The first-order valence-electron chi connectivity index (χ1n) is 9.41. The Morgan fingerprint density at radius 2 is 1.85 bits per heavy atom. The number of benzene rings is 1. The van der Waals surface area contributed by atoms with Crippen LogP contribution in [0.15, 0.2) is 24.3 Å². The Kier molecular flexibility index (Phi) is 5.95. The summed E-state index contributed by atoms with van der Waals surface area (Å²) >= 11 is 0. The SMILES string of the molecule is CCOC(=O)N1CC[NH+](C2CC(=O)N(c3ccccc3OCC)C2=O)CC1. The molecule has 8 nitrogen and oxygen atoms in total. The lowest BCUT2D eigenvalue weighted by atomic mass is 10.2. The van der Waals surface area contributed by atoms with Crippen LogP contribution in [0.3, 0.4) is 0 Å². The Morgan fingerprint density at radius 3 is 2.52 bits per heavy atom. The van der Waals surface area contributed by atoms with Crippen molar-refractivity contribution in [2.45, 2.75) is 26.3 Å². The van der Waals surface area contributed by atoms with E-state index in [1.165, 1.54) is 4.90 Å². The van der Waals surface area contributed by atoms with Crippen molar-refractivity contribution < 1.29 is 28.8 Å². The van der Waals surface area contributed by atoms with E-state index in [1.54, 1.807) is 30.0 Å². The predicted octanol–water partition coefficient (Wildman–Crippen LogP) is 0.0742. The molecule has 2 saturated heterocycles. The maximum atomic E-state index is 13.0. The van der Waals surface area contributed by atoms with Crippen molar-refractivity contribution in [1.82, 2.24) is 4.90 Å². The van der Waals surface area contributed by atoms with E-state index in [4.69, 9.17) is 9.47 Å². The van der Waals surface area contributed by atoms with Gasteiger partial charge in [0.2, 0.25) is 5.91 Å². The number of anilines is 1. The Bertz CT molecular complexity index is 715. The van der Waals surface area contributed by atoms with E-state index in [0.717, 1.165) is 4.90 Å². The molecule has 2 aliphatic rings.